The average Bonchev–Trinajstić information content (AvgIpc) is 3.28. The molecule has 27 heavy (non-hydrogen) atoms. The number of carbonyl (C=O) groups excluding carboxylic acids is 1. The SMILES string of the molecule is NC(=O)c1onc2cccc(-c3nnc(-c4ccccc4C(F)(F)F)s3)c12. The zero-order valence-corrected chi connectivity index (χ0v) is 14.1. The number of aromatic nitrogens is 3. The first kappa shape index (κ1) is 17.2. The quantitative estimate of drug-likeness (QED) is 0.568. The highest BCUT2D eigenvalue weighted by Gasteiger charge is 2.34. The van der Waals surface area contributed by atoms with Gasteiger partial charge in [0.15, 0.2) is 0 Å². The number of hydrogen-bond donors (Lipinski definition) is 1. The molecule has 0 fully saturated rings. The van der Waals surface area contributed by atoms with Crippen LogP contribution in [0, 0.1) is 0 Å². The highest BCUT2D eigenvalue weighted by molar-refractivity contribution is 7.18. The smallest absolute Gasteiger partial charge is 0.363 e. The van der Waals surface area contributed by atoms with Crippen LogP contribution in [0.2, 0.25) is 0 Å². The van der Waals surface area contributed by atoms with Crippen LogP contribution in [0.3, 0.4) is 0 Å². The summed E-state index contributed by atoms with van der Waals surface area (Å²) in [4.78, 5) is 11.6. The van der Waals surface area contributed by atoms with E-state index < -0.39 is 17.6 Å². The third-order valence-corrected chi connectivity index (χ3v) is 4.84. The monoisotopic (exact) mass is 390 g/mol. The van der Waals surface area contributed by atoms with Crippen molar-refractivity contribution in [2.24, 2.45) is 5.73 Å². The van der Waals surface area contributed by atoms with E-state index in [2.05, 4.69) is 15.4 Å². The van der Waals surface area contributed by atoms with E-state index in [0.29, 0.717) is 21.5 Å². The van der Waals surface area contributed by atoms with Crippen LogP contribution in [0.25, 0.3) is 32.0 Å². The Labute approximate surface area is 153 Å². The summed E-state index contributed by atoms with van der Waals surface area (Å²) in [6, 6.07) is 10.1. The standard InChI is InChI=1S/C17H9F3N4O2S/c18-17(19,20)10-6-2-1-4-8(10)15-22-23-16(27-15)9-5-3-7-11-12(9)13(14(21)25)26-24-11/h1-7H,(H2,21,25). The van der Waals surface area contributed by atoms with Crippen molar-refractivity contribution in [3.63, 3.8) is 0 Å². The zero-order chi connectivity index (χ0) is 19.2. The Hall–Kier alpha value is -3.27. The van der Waals surface area contributed by atoms with Gasteiger partial charge in [-0.05, 0) is 12.1 Å². The summed E-state index contributed by atoms with van der Waals surface area (Å²) < 4.78 is 44.7. The second kappa shape index (κ2) is 6.16. The molecule has 0 saturated heterocycles. The van der Waals surface area contributed by atoms with Gasteiger partial charge in [-0.15, -0.1) is 10.2 Å². The average molecular weight is 390 g/mol. The predicted molar refractivity (Wildman–Crippen MR) is 91.9 cm³/mol. The number of amides is 1. The van der Waals surface area contributed by atoms with Gasteiger partial charge in [-0.1, -0.05) is 46.8 Å². The molecule has 4 rings (SSSR count). The summed E-state index contributed by atoms with van der Waals surface area (Å²) in [6.07, 6.45) is -4.52. The van der Waals surface area contributed by atoms with Crippen LogP contribution in [0.1, 0.15) is 16.1 Å². The van der Waals surface area contributed by atoms with E-state index in [9.17, 15) is 18.0 Å². The van der Waals surface area contributed by atoms with E-state index in [0.717, 1.165) is 17.4 Å². The summed E-state index contributed by atoms with van der Waals surface area (Å²) >= 11 is 0.964. The topological polar surface area (TPSA) is 94.9 Å². The molecule has 0 atom stereocenters. The number of primary amides is 1. The maximum Gasteiger partial charge on any atom is 0.417 e. The second-order valence-corrected chi connectivity index (χ2v) is 6.51. The van der Waals surface area contributed by atoms with Gasteiger partial charge >= 0.3 is 6.18 Å². The molecular weight excluding hydrogens is 381 g/mol. The molecule has 136 valence electrons. The van der Waals surface area contributed by atoms with E-state index in [-0.39, 0.29) is 16.3 Å². The first-order valence-corrected chi connectivity index (χ1v) is 8.36. The zero-order valence-electron chi connectivity index (χ0n) is 13.3. The molecule has 2 aromatic heterocycles. The van der Waals surface area contributed by atoms with E-state index in [4.69, 9.17) is 10.3 Å². The second-order valence-electron chi connectivity index (χ2n) is 5.53. The summed E-state index contributed by atoms with van der Waals surface area (Å²) in [5.74, 6) is -0.954. The predicted octanol–water partition coefficient (Wildman–Crippen LogP) is 4.13. The van der Waals surface area contributed by atoms with Crippen LogP contribution in [0.5, 0.6) is 0 Å². The lowest BCUT2D eigenvalue weighted by molar-refractivity contribution is -0.137. The minimum atomic E-state index is -4.52. The molecule has 2 N–H and O–H groups in total. The Balaban J connectivity index is 1.87. The molecule has 0 aliphatic heterocycles. The molecule has 6 nitrogen and oxygen atoms in total. The van der Waals surface area contributed by atoms with Gasteiger partial charge < -0.3 is 10.3 Å². The van der Waals surface area contributed by atoms with Crippen molar-refractivity contribution in [2.45, 2.75) is 6.18 Å². The number of hydrogen-bond acceptors (Lipinski definition) is 6. The van der Waals surface area contributed by atoms with Gasteiger partial charge in [-0.3, -0.25) is 4.79 Å². The first-order valence-electron chi connectivity index (χ1n) is 7.55. The molecule has 2 heterocycles. The van der Waals surface area contributed by atoms with Crippen molar-refractivity contribution in [3.05, 3.63) is 53.8 Å². The Morgan fingerprint density at radius 2 is 1.67 bits per heavy atom. The lowest BCUT2D eigenvalue weighted by atomic mass is 10.1. The molecule has 0 aliphatic carbocycles. The van der Waals surface area contributed by atoms with Crippen LogP contribution in [-0.4, -0.2) is 21.3 Å². The summed E-state index contributed by atoms with van der Waals surface area (Å²) in [6.45, 7) is 0. The number of alkyl halides is 3. The molecule has 0 radical (unpaired) electrons. The maximum absolute atomic E-state index is 13.3. The van der Waals surface area contributed by atoms with E-state index in [1.807, 2.05) is 0 Å². The molecule has 10 heteroatoms. The van der Waals surface area contributed by atoms with Crippen molar-refractivity contribution < 1.29 is 22.5 Å². The van der Waals surface area contributed by atoms with Crippen LogP contribution >= 0.6 is 11.3 Å². The van der Waals surface area contributed by atoms with E-state index in [1.54, 1.807) is 18.2 Å². The number of fused-ring (bicyclic) bond motifs is 1. The fourth-order valence-corrected chi connectivity index (χ4v) is 3.61. The molecule has 0 unspecified atom stereocenters. The van der Waals surface area contributed by atoms with Crippen molar-refractivity contribution in [1.82, 2.24) is 15.4 Å². The normalized spacial score (nSPS) is 11.8. The molecule has 0 bridgehead atoms. The minimum Gasteiger partial charge on any atom is -0.363 e. The fourth-order valence-electron chi connectivity index (χ4n) is 2.70. The third-order valence-electron chi connectivity index (χ3n) is 3.85. The van der Waals surface area contributed by atoms with Gasteiger partial charge in [0.2, 0.25) is 5.76 Å². The van der Waals surface area contributed by atoms with Crippen molar-refractivity contribution in [1.29, 1.82) is 0 Å². The van der Waals surface area contributed by atoms with Crippen LogP contribution in [0.4, 0.5) is 13.2 Å². The van der Waals surface area contributed by atoms with Crippen molar-refractivity contribution in [2.75, 3.05) is 0 Å². The highest BCUT2D eigenvalue weighted by Crippen LogP contribution is 2.40. The molecular formula is C17H9F3N4O2S. The number of nitrogens with zero attached hydrogens (tertiary/aromatic N) is 3. The molecule has 0 aliphatic rings. The first-order chi connectivity index (χ1) is 12.9. The molecule has 1 amide bonds. The molecule has 2 aromatic carbocycles. The van der Waals surface area contributed by atoms with Gasteiger partial charge in [0.05, 0.1) is 10.9 Å². The number of nitrogens with two attached hydrogens (primary N) is 1. The Morgan fingerprint density at radius 3 is 2.37 bits per heavy atom. The number of halogens is 3. The van der Waals surface area contributed by atoms with Crippen LogP contribution in [-0.2, 0) is 6.18 Å². The Bertz CT molecular complexity index is 1170. The maximum atomic E-state index is 13.3. The van der Waals surface area contributed by atoms with Gasteiger partial charge in [0, 0.05) is 11.1 Å². The summed E-state index contributed by atoms with van der Waals surface area (Å²) in [5, 5.41) is 12.4. The summed E-state index contributed by atoms with van der Waals surface area (Å²) in [5.41, 5.74) is 5.28. The van der Waals surface area contributed by atoms with E-state index in [1.165, 1.54) is 18.2 Å². The van der Waals surface area contributed by atoms with Crippen molar-refractivity contribution in [3.8, 4) is 21.1 Å². The Morgan fingerprint density at radius 1 is 1.00 bits per heavy atom. The van der Waals surface area contributed by atoms with Crippen LogP contribution < -0.4 is 5.73 Å². The lowest BCUT2D eigenvalue weighted by Crippen LogP contribution is -2.10. The number of rotatable bonds is 3. The van der Waals surface area contributed by atoms with Gasteiger partial charge in [0.1, 0.15) is 15.5 Å². The fraction of sp³-hybridized carbons (Fsp3) is 0.0588. The highest BCUT2D eigenvalue weighted by atomic mass is 32.1. The largest absolute Gasteiger partial charge is 0.417 e. The summed E-state index contributed by atoms with van der Waals surface area (Å²) in [7, 11) is 0. The van der Waals surface area contributed by atoms with Gasteiger partial charge in [-0.25, -0.2) is 0 Å². The molecule has 4 aromatic rings. The third kappa shape index (κ3) is 2.93. The number of carbonyl (C=O) groups is 1. The number of benzene rings is 2. The van der Waals surface area contributed by atoms with Crippen LogP contribution in [0.15, 0.2) is 47.0 Å². The van der Waals surface area contributed by atoms with Gasteiger partial charge in [0.25, 0.3) is 5.91 Å². The lowest BCUT2D eigenvalue weighted by Gasteiger charge is -2.09. The van der Waals surface area contributed by atoms with Gasteiger partial charge in [-0.2, -0.15) is 13.2 Å². The molecule has 0 saturated carbocycles. The molecule has 0 spiro atoms. The van der Waals surface area contributed by atoms with E-state index >= 15 is 0 Å². The van der Waals surface area contributed by atoms with Crippen molar-refractivity contribution >= 4 is 28.1 Å². The minimum absolute atomic E-state index is 0.0682. The Kier molecular flexibility index (Phi) is 3.92.